The van der Waals surface area contributed by atoms with E-state index in [-0.39, 0.29) is 34.1 Å². The largest absolute Gasteiger partial charge is 0.465 e. The minimum Gasteiger partial charge on any atom is -0.465 e. The first-order chi connectivity index (χ1) is 15.5. The van der Waals surface area contributed by atoms with Crippen molar-refractivity contribution in [2.75, 3.05) is 13.2 Å². The van der Waals surface area contributed by atoms with E-state index < -0.39 is 55.1 Å². The van der Waals surface area contributed by atoms with Crippen LogP contribution < -0.4 is 4.74 Å². The summed E-state index contributed by atoms with van der Waals surface area (Å²) in [4.78, 5) is 50.4. The van der Waals surface area contributed by atoms with Crippen molar-refractivity contribution in [3.05, 3.63) is 21.3 Å². The number of ether oxygens (including phenoxy) is 6. The fourth-order valence-corrected chi connectivity index (χ4v) is 3.32. The van der Waals surface area contributed by atoms with Gasteiger partial charge in [0.05, 0.1) is 11.1 Å². The van der Waals surface area contributed by atoms with Gasteiger partial charge in [-0.2, -0.15) is 4.98 Å². The molecule has 0 N–H and O–H groups in total. The van der Waals surface area contributed by atoms with Gasteiger partial charge >= 0.3 is 23.9 Å². The summed E-state index contributed by atoms with van der Waals surface area (Å²) in [6, 6.07) is 1.28. The Morgan fingerprint density at radius 2 is 1.67 bits per heavy atom. The molecule has 182 valence electrons. The molecular formula is C19H20Cl3NO10. The highest BCUT2D eigenvalue weighted by Crippen LogP contribution is 2.31. The highest BCUT2D eigenvalue weighted by atomic mass is 35.5. The van der Waals surface area contributed by atoms with E-state index in [0.717, 1.165) is 13.8 Å². The Hall–Kier alpha value is -2.34. The van der Waals surface area contributed by atoms with E-state index >= 15 is 0 Å². The second-order valence-electron chi connectivity index (χ2n) is 6.71. The van der Waals surface area contributed by atoms with Crippen LogP contribution in [0.2, 0.25) is 15.2 Å². The van der Waals surface area contributed by atoms with Crippen molar-refractivity contribution in [2.45, 2.75) is 51.8 Å². The van der Waals surface area contributed by atoms with Crippen LogP contribution in [0.1, 0.15) is 27.2 Å². The minimum absolute atomic E-state index is 0.000253. The zero-order valence-electron chi connectivity index (χ0n) is 17.7. The summed E-state index contributed by atoms with van der Waals surface area (Å²) in [7, 11) is 0. The number of nitrogens with zero attached hydrogens (tertiary/aromatic N) is 1. The van der Waals surface area contributed by atoms with Crippen molar-refractivity contribution in [1.29, 1.82) is 0 Å². The van der Waals surface area contributed by atoms with Crippen molar-refractivity contribution in [1.82, 2.24) is 4.98 Å². The summed E-state index contributed by atoms with van der Waals surface area (Å²) >= 11 is 17.5. The highest BCUT2D eigenvalue weighted by Gasteiger charge is 2.45. The minimum atomic E-state index is -1.50. The first kappa shape index (κ1) is 26.9. The molecule has 0 bridgehead atoms. The number of carbonyl (C=O) groups excluding carboxylic acids is 4. The van der Waals surface area contributed by atoms with Gasteiger partial charge in [-0.05, 0) is 6.07 Å². The fourth-order valence-electron chi connectivity index (χ4n) is 2.78. The summed E-state index contributed by atoms with van der Waals surface area (Å²) in [5.74, 6) is -3.11. The number of carbonyl (C=O) groups is 4. The van der Waals surface area contributed by atoms with Crippen molar-refractivity contribution < 1.29 is 47.6 Å². The SMILES string of the molecule is CC(=O)OCC1CC(OC(C)=O)C(OC(C)=O)C(OC(=O)COc2nc(Cl)c(Cl)cc2Cl)O1. The Labute approximate surface area is 203 Å². The van der Waals surface area contributed by atoms with Crippen LogP contribution in [0.5, 0.6) is 5.88 Å². The van der Waals surface area contributed by atoms with Gasteiger partial charge in [-0.1, -0.05) is 34.8 Å². The van der Waals surface area contributed by atoms with Gasteiger partial charge in [-0.3, -0.25) is 14.4 Å². The maximum Gasteiger partial charge on any atom is 0.346 e. The smallest absolute Gasteiger partial charge is 0.346 e. The zero-order valence-corrected chi connectivity index (χ0v) is 19.9. The highest BCUT2D eigenvalue weighted by molar-refractivity contribution is 6.42. The Kier molecular flexibility index (Phi) is 9.96. The Bertz CT molecular complexity index is 912. The predicted molar refractivity (Wildman–Crippen MR) is 112 cm³/mol. The standard InChI is InChI=1S/C19H20Cl3NO10/c1-8(24)28-6-11-4-14(30-9(2)25)16(31-10(3)26)19(32-11)33-15(27)7-29-18-13(21)5-12(20)17(22)23-18/h5,11,14,16,19H,4,6-7H2,1-3H3. The number of esters is 4. The molecular weight excluding hydrogens is 509 g/mol. The van der Waals surface area contributed by atoms with Gasteiger partial charge in [0.1, 0.15) is 17.7 Å². The third-order valence-corrected chi connectivity index (χ3v) is 4.92. The van der Waals surface area contributed by atoms with Gasteiger partial charge in [0.2, 0.25) is 18.3 Å². The Morgan fingerprint density at radius 3 is 2.27 bits per heavy atom. The van der Waals surface area contributed by atoms with E-state index in [1.807, 2.05) is 0 Å². The lowest BCUT2D eigenvalue weighted by molar-refractivity contribution is -0.272. The molecule has 4 atom stereocenters. The lowest BCUT2D eigenvalue weighted by Crippen LogP contribution is -2.54. The normalized spacial score (nSPS) is 22.1. The van der Waals surface area contributed by atoms with Gasteiger partial charge < -0.3 is 28.4 Å². The Morgan fingerprint density at radius 1 is 1.00 bits per heavy atom. The molecule has 2 rings (SSSR count). The zero-order chi connectivity index (χ0) is 24.7. The van der Waals surface area contributed by atoms with Gasteiger partial charge in [-0.15, -0.1) is 0 Å². The number of aromatic nitrogens is 1. The molecule has 11 nitrogen and oxygen atoms in total. The summed E-state index contributed by atoms with van der Waals surface area (Å²) < 4.78 is 31.4. The molecule has 33 heavy (non-hydrogen) atoms. The lowest BCUT2D eigenvalue weighted by atomic mass is 10.0. The van der Waals surface area contributed by atoms with Crippen molar-refractivity contribution >= 4 is 58.7 Å². The third kappa shape index (κ3) is 8.50. The molecule has 0 aliphatic carbocycles. The summed E-state index contributed by atoms with van der Waals surface area (Å²) in [6.45, 7) is 2.59. The van der Waals surface area contributed by atoms with Gasteiger partial charge in [0, 0.05) is 27.2 Å². The van der Waals surface area contributed by atoms with E-state index in [1.54, 1.807) is 0 Å². The molecule has 1 aromatic rings. The molecule has 0 saturated carbocycles. The molecule has 1 fully saturated rings. The second kappa shape index (κ2) is 12.2. The predicted octanol–water partition coefficient (Wildman–Crippen LogP) is 2.51. The van der Waals surface area contributed by atoms with Crippen LogP contribution in [0.3, 0.4) is 0 Å². The lowest BCUT2D eigenvalue weighted by Gasteiger charge is -2.39. The molecule has 1 aromatic heterocycles. The van der Waals surface area contributed by atoms with Crippen LogP contribution in [0.25, 0.3) is 0 Å². The molecule has 0 radical (unpaired) electrons. The van der Waals surface area contributed by atoms with Crippen LogP contribution in [0.4, 0.5) is 0 Å². The summed E-state index contributed by atoms with van der Waals surface area (Å²) in [5, 5.41) is -0.000429. The van der Waals surface area contributed by atoms with Gasteiger partial charge in [0.25, 0.3) is 0 Å². The monoisotopic (exact) mass is 527 g/mol. The van der Waals surface area contributed by atoms with E-state index in [0.29, 0.717) is 0 Å². The molecule has 1 aliphatic heterocycles. The first-order valence-corrected chi connectivity index (χ1v) is 10.6. The number of hydrogen-bond donors (Lipinski definition) is 0. The quantitative estimate of drug-likeness (QED) is 0.279. The van der Waals surface area contributed by atoms with Crippen LogP contribution in [-0.2, 0) is 42.9 Å². The Balaban J connectivity index is 2.14. The topological polar surface area (TPSA) is 137 Å². The van der Waals surface area contributed by atoms with Crippen LogP contribution in [-0.4, -0.2) is 66.7 Å². The van der Waals surface area contributed by atoms with Crippen molar-refractivity contribution in [2.24, 2.45) is 0 Å². The number of pyridine rings is 1. The van der Waals surface area contributed by atoms with Gasteiger partial charge in [-0.25, -0.2) is 4.79 Å². The maximum atomic E-state index is 12.4. The van der Waals surface area contributed by atoms with Crippen molar-refractivity contribution in [3.63, 3.8) is 0 Å². The summed E-state index contributed by atoms with van der Waals surface area (Å²) in [5.41, 5.74) is 0. The van der Waals surface area contributed by atoms with E-state index in [4.69, 9.17) is 63.2 Å². The molecule has 2 heterocycles. The fraction of sp³-hybridized carbons (Fsp3) is 0.526. The van der Waals surface area contributed by atoms with E-state index in [1.165, 1.54) is 13.0 Å². The average molecular weight is 529 g/mol. The summed E-state index contributed by atoms with van der Waals surface area (Å²) in [6.07, 6.45) is -4.63. The number of hydrogen-bond acceptors (Lipinski definition) is 11. The van der Waals surface area contributed by atoms with Gasteiger partial charge in [0.15, 0.2) is 11.8 Å². The molecule has 0 spiro atoms. The number of rotatable bonds is 8. The van der Waals surface area contributed by atoms with Crippen molar-refractivity contribution in [3.8, 4) is 5.88 Å². The van der Waals surface area contributed by atoms with Crippen LogP contribution in [0, 0.1) is 0 Å². The number of halogens is 3. The molecule has 1 aliphatic rings. The van der Waals surface area contributed by atoms with E-state index in [9.17, 15) is 19.2 Å². The van der Waals surface area contributed by atoms with Crippen LogP contribution in [0.15, 0.2) is 6.07 Å². The third-order valence-electron chi connectivity index (χ3n) is 3.98. The van der Waals surface area contributed by atoms with Crippen LogP contribution >= 0.6 is 34.8 Å². The molecule has 0 aromatic carbocycles. The first-order valence-electron chi connectivity index (χ1n) is 9.43. The second-order valence-corrected chi connectivity index (χ2v) is 7.89. The molecule has 14 heteroatoms. The average Bonchev–Trinajstić information content (AvgIpc) is 2.69. The maximum absolute atomic E-state index is 12.4. The molecule has 0 amide bonds. The molecule has 1 saturated heterocycles. The molecule has 4 unspecified atom stereocenters. The van der Waals surface area contributed by atoms with E-state index in [2.05, 4.69) is 4.98 Å².